The van der Waals surface area contributed by atoms with Gasteiger partial charge in [-0.15, -0.1) is 11.3 Å². The highest BCUT2D eigenvalue weighted by Crippen LogP contribution is 2.37. The Bertz CT molecular complexity index is 2820. The number of primary amides is 1. The summed E-state index contributed by atoms with van der Waals surface area (Å²) in [5.41, 5.74) is 9.97. The van der Waals surface area contributed by atoms with Crippen molar-refractivity contribution < 1.29 is 43.7 Å². The Labute approximate surface area is 447 Å². The fraction of sp³-hybridized carbons (Fsp3) is 0.436. The van der Waals surface area contributed by atoms with Gasteiger partial charge in [0, 0.05) is 64.4 Å². The Morgan fingerprint density at radius 1 is 0.829 bits per heavy atom. The van der Waals surface area contributed by atoms with Gasteiger partial charge in [-0.2, -0.15) is 0 Å². The second-order valence-electron chi connectivity index (χ2n) is 19.9. The number of rotatable bonds is 26. The van der Waals surface area contributed by atoms with Gasteiger partial charge in [-0.25, -0.2) is 15.0 Å². The van der Waals surface area contributed by atoms with E-state index < -0.39 is 46.7 Å². The molecule has 21 heteroatoms. The van der Waals surface area contributed by atoms with Crippen molar-refractivity contribution in [1.29, 1.82) is 0 Å². The van der Waals surface area contributed by atoms with E-state index in [2.05, 4.69) is 46.9 Å². The monoisotopic (exact) mass is 1060 g/mol. The van der Waals surface area contributed by atoms with Crippen LogP contribution in [0.2, 0.25) is 0 Å². The highest BCUT2D eigenvalue weighted by molar-refractivity contribution is 7.13. The first-order chi connectivity index (χ1) is 36.4. The SMILES string of the molecule is CNC(=O)c1cnc(Nc2ccc(C(=O)NCCCCCCCCCC(=O)N[C@H](C(=O)N3C[C@H](O)C[C@@]3(Cc3ccc(-c4scnc4C)cc3)C(N)=O)C(C)(C)C)cn2)cc1Nc1cccc(C(=O)NCCO)c1OC. The average molecular weight is 1060 g/mol. The number of likely N-dealkylation sites (tertiary alicyclic amines) is 1. The first-order valence-electron chi connectivity index (χ1n) is 25.5. The number of nitrogens with two attached hydrogens (primary N) is 1. The normalized spacial score (nSPS) is 15.6. The number of pyridine rings is 2. The maximum absolute atomic E-state index is 14.4. The Kier molecular flexibility index (Phi) is 20.4. The zero-order valence-corrected chi connectivity index (χ0v) is 44.9. The summed E-state index contributed by atoms with van der Waals surface area (Å²) in [4.78, 5) is 95.1. The number of benzene rings is 2. The summed E-state index contributed by atoms with van der Waals surface area (Å²) in [7, 11) is 2.92. The molecule has 4 heterocycles. The second kappa shape index (κ2) is 26.8. The van der Waals surface area contributed by atoms with Crippen molar-refractivity contribution in [3.05, 3.63) is 107 Å². The van der Waals surface area contributed by atoms with Crippen molar-refractivity contribution in [2.75, 3.05) is 51.0 Å². The molecule has 6 amide bonds. The van der Waals surface area contributed by atoms with Gasteiger partial charge in [0.05, 0.1) is 64.0 Å². The lowest BCUT2D eigenvalue weighted by atomic mass is 9.82. The van der Waals surface area contributed by atoms with Crippen LogP contribution < -0.4 is 42.4 Å². The van der Waals surface area contributed by atoms with E-state index in [9.17, 15) is 33.9 Å². The van der Waals surface area contributed by atoms with E-state index in [1.54, 1.807) is 41.9 Å². The number of nitrogens with zero attached hydrogens (tertiary/aromatic N) is 4. The minimum atomic E-state index is -1.47. The van der Waals surface area contributed by atoms with E-state index in [0.717, 1.165) is 60.2 Å². The molecule has 0 spiro atoms. The molecule has 0 aliphatic carbocycles. The Morgan fingerprint density at radius 2 is 1.53 bits per heavy atom. The lowest BCUT2D eigenvalue weighted by Crippen LogP contribution is -2.63. The summed E-state index contributed by atoms with van der Waals surface area (Å²) < 4.78 is 5.56. The topological polar surface area (TPSA) is 292 Å². The lowest BCUT2D eigenvalue weighted by Gasteiger charge is -2.40. The van der Waals surface area contributed by atoms with Gasteiger partial charge in [-0.3, -0.25) is 28.8 Å². The van der Waals surface area contributed by atoms with Crippen molar-refractivity contribution >= 4 is 69.8 Å². The zero-order valence-electron chi connectivity index (χ0n) is 44.1. The van der Waals surface area contributed by atoms with Gasteiger partial charge in [0.25, 0.3) is 17.7 Å². The van der Waals surface area contributed by atoms with Gasteiger partial charge in [-0.05, 0) is 60.6 Å². The Balaban J connectivity index is 0.912. The van der Waals surface area contributed by atoms with Crippen LogP contribution in [0.4, 0.5) is 23.0 Å². The molecular weight excluding hydrogens is 991 g/mol. The first-order valence-corrected chi connectivity index (χ1v) is 26.4. The summed E-state index contributed by atoms with van der Waals surface area (Å²) in [6.07, 6.45) is 8.24. The summed E-state index contributed by atoms with van der Waals surface area (Å²) in [5.74, 6) is -1.56. The van der Waals surface area contributed by atoms with E-state index in [-0.39, 0.29) is 67.6 Å². The molecule has 1 fully saturated rings. The predicted molar refractivity (Wildman–Crippen MR) is 292 cm³/mol. The van der Waals surface area contributed by atoms with Gasteiger partial charge < -0.3 is 57.5 Å². The second-order valence-corrected chi connectivity index (χ2v) is 20.8. The van der Waals surface area contributed by atoms with Crippen molar-refractivity contribution in [2.45, 2.75) is 110 Å². The highest BCUT2D eigenvalue weighted by Gasteiger charge is 2.54. The number of nitrogens with one attached hydrogen (secondary N) is 6. The number of para-hydroxylation sites is 1. The van der Waals surface area contributed by atoms with Crippen molar-refractivity contribution in [2.24, 2.45) is 11.1 Å². The van der Waals surface area contributed by atoms with Gasteiger partial charge in [0.1, 0.15) is 23.2 Å². The van der Waals surface area contributed by atoms with Crippen LogP contribution in [0.25, 0.3) is 10.4 Å². The Hall–Kier alpha value is -7.49. The third kappa shape index (κ3) is 14.9. The summed E-state index contributed by atoms with van der Waals surface area (Å²) in [6.45, 7) is 7.77. The summed E-state index contributed by atoms with van der Waals surface area (Å²) in [6, 6.07) is 16.6. The first kappa shape index (κ1) is 57.8. The number of aliphatic hydroxyl groups is 2. The molecule has 1 saturated heterocycles. The molecule has 406 valence electrons. The van der Waals surface area contributed by atoms with Crippen molar-refractivity contribution in [1.82, 2.24) is 41.1 Å². The van der Waals surface area contributed by atoms with E-state index in [0.29, 0.717) is 41.5 Å². The number of thiazole rings is 1. The number of aromatic nitrogens is 3. The Morgan fingerprint density at radius 3 is 2.16 bits per heavy atom. The number of amides is 6. The largest absolute Gasteiger partial charge is 0.494 e. The predicted octanol–water partition coefficient (Wildman–Crippen LogP) is 5.93. The molecule has 3 aromatic heterocycles. The standard InChI is InChI=1S/C55H71N11O9S/c1-34-47(76-33-62-34)36-20-18-35(19-21-36)28-55(53(56)74)29-38(68)32-66(55)52(73)48(54(2,3)4)65-45(69)17-12-10-8-7-9-11-13-24-58-49(70)37-22-23-43(60-30-37)64-44-27-42(40(31-61-44)50(71)57-5)63-41-16-14-15-39(46(41)75-6)51(72)59-25-26-67/h14-16,18-23,27,30-31,33,38,48,67-68H,7-13,17,24-26,28-29,32H2,1-6H3,(H2,56,74)(H,57,71)(H,58,70)(H,59,72)(H,65,69)(H2,60,61,63,64)/t38-,48-,55+/m1/s1. The fourth-order valence-electron chi connectivity index (χ4n) is 9.19. The smallest absolute Gasteiger partial charge is 0.255 e. The van der Waals surface area contributed by atoms with Gasteiger partial charge >= 0.3 is 0 Å². The van der Waals surface area contributed by atoms with Gasteiger partial charge in [0.2, 0.25) is 17.7 Å². The van der Waals surface area contributed by atoms with E-state index in [1.165, 1.54) is 42.8 Å². The molecule has 20 nitrogen and oxygen atoms in total. The van der Waals surface area contributed by atoms with Crippen LogP contribution >= 0.6 is 11.3 Å². The lowest BCUT2D eigenvalue weighted by molar-refractivity contribution is -0.148. The number of aliphatic hydroxyl groups excluding tert-OH is 2. The molecule has 1 aliphatic rings. The van der Waals surface area contributed by atoms with Crippen LogP contribution in [0.5, 0.6) is 5.75 Å². The molecule has 6 rings (SSSR count). The number of methoxy groups -OCH3 is 1. The van der Waals surface area contributed by atoms with Crippen LogP contribution in [0.15, 0.2) is 78.6 Å². The third-order valence-electron chi connectivity index (χ3n) is 13.2. The van der Waals surface area contributed by atoms with Crippen molar-refractivity contribution in [3.8, 4) is 16.2 Å². The molecule has 76 heavy (non-hydrogen) atoms. The molecule has 0 saturated carbocycles. The average Bonchev–Trinajstić information content (AvgIpc) is 4.02. The fourth-order valence-corrected chi connectivity index (χ4v) is 10.00. The van der Waals surface area contributed by atoms with Gasteiger partial charge in [0.15, 0.2) is 5.75 Å². The van der Waals surface area contributed by atoms with Crippen LogP contribution in [-0.2, 0) is 20.8 Å². The number of aryl methyl sites for hydroxylation is 1. The molecule has 2 aromatic carbocycles. The summed E-state index contributed by atoms with van der Waals surface area (Å²) in [5, 5.41) is 37.4. The molecule has 5 aromatic rings. The zero-order chi connectivity index (χ0) is 55.0. The minimum Gasteiger partial charge on any atom is -0.494 e. The van der Waals surface area contributed by atoms with Crippen LogP contribution in [0.3, 0.4) is 0 Å². The van der Waals surface area contributed by atoms with Crippen LogP contribution in [-0.4, -0.2) is 124 Å². The van der Waals surface area contributed by atoms with Gasteiger partial charge in [-0.1, -0.05) is 83.2 Å². The van der Waals surface area contributed by atoms with Crippen LogP contribution in [0.1, 0.15) is 121 Å². The number of β-amino-alcohol motifs (C(OH)–C–C–N with tert-alkyl or cyclic N) is 1. The third-order valence-corrected chi connectivity index (χ3v) is 14.2. The molecule has 10 N–H and O–H groups in total. The van der Waals surface area contributed by atoms with Crippen molar-refractivity contribution in [3.63, 3.8) is 0 Å². The molecule has 3 atom stereocenters. The maximum atomic E-state index is 14.4. The highest BCUT2D eigenvalue weighted by atomic mass is 32.1. The molecular formula is C55H71N11O9S. The van der Waals surface area contributed by atoms with E-state index in [1.807, 2.05) is 52.0 Å². The van der Waals surface area contributed by atoms with E-state index in [4.69, 9.17) is 15.6 Å². The maximum Gasteiger partial charge on any atom is 0.255 e. The molecule has 0 unspecified atom stereocenters. The quantitative estimate of drug-likeness (QED) is 0.0291. The number of hydrogen-bond donors (Lipinski definition) is 9. The minimum absolute atomic E-state index is 0.00853. The number of hydrogen-bond acceptors (Lipinski definition) is 15. The van der Waals surface area contributed by atoms with Crippen LogP contribution in [0, 0.1) is 12.3 Å². The number of ether oxygens (including phenoxy) is 1. The number of anilines is 4. The molecule has 1 aliphatic heterocycles. The number of unbranched alkanes of at least 4 members (excludes halogenated alkanes) is 6. The summed E-state index contributed by atoms with van der Waals surface area (Å²) >= 11 is 1.54. The number of carbonyl (C=O) groups excluding carboxylic acids is 6. The molecule has 0 bridgehead atoms. The number of carbonyl (C=O) groups is 6. The molecule has 0 radical (unpaired) electrons. The van der Waals surface area contributed by atoms with E-state index >= 15 is 0 Å².